The van der Waals surface area contributed by atoms with Crippen LogP contribution in [-0.2, 0) is 0 Å². The molecule has 0 saturated carbocycles. The van der Waals surface area contributed by atoms with Gasteiger partial charge in [0.05, 0.1) is 0 Å². The molecule has 0 aliphatic carbocycles. The van der Waals surface area contributed by atoms with E-state index in [2.05, 4.69) is 11.6 Å². The fraction of sp³-hybridized carbons (Fsp3) is 0.222. The van der Waals surface area contributed by atoms with Crippen LogP contribution >= 0.6 is 0 Å². The Morgan fingerprint density at radius 2 is 2.27 bits per heavy atom. The Hall–Kier alpha value is -1.31. The lowest BCUT2D eigenvalue weighted by atomic mass is 10.1. The van der Waals surface area contributed by atoms with E-state index >= 15 is 0 Å². The van der Waals surface area contributed by atoms with Crippen LogP contribution in [0.4, 0.5) is 5.82 Å². The average molecular weight is 148 g/mol. The smallest absolute Gasteiger partial charge is 0.126 e. The number of aryl methyl sites for hydroxylation is 1. The van der Waals surface area contributed by atoms with Gasteiger partial charge < -0.3 is 5.73 Å². The fourth-order valence-corrected chi connectivity index (χ4v) is 0.819. The molecule has 0 amide bonds. The molecule has 0 aliphatic rings. The molecule has 1 heterocycles. The summed E-state index contributed by atoms with van der Waals surface area (Å²) in [5, 5.41) is 0. The normalized spacial score (nSPS) is 9.64. The molecule has 0 aromatic carbocycles. The number of nitrogens with two attached hydrogens (primary N) is 1. The van der Waals surface area contributed by atoms with Crippen molar-refractivity contribution in [1.29, 1.82) is 0 Å². The first-order chi connectivity index (χ1) is 5.11. The molecule has 0 spiro atoms. The van der Waals surface area contributed by atoms with Gasteiger partial charge in [-0.2, -0.15) is 0 Å². The quantitative estimate of drug-likeness (QED) is 0.661. The summed E-state index contributed by atoms with van der Waals surface area (Å²) in [7, 11) is 0. The first kappa shape index (κ1) is 7.79. The summed E-state index contributed by atoms with van der Waals surface area (Å²) in [4.78, 5) is 4.02. The number of aromatic nitrogens is 1. The van der Waals surface area contributed by atoms with E-state index in [4.69, 9.17) is 5.73 Å². The third-order valence-electron chi connectivity index (χ3n) is 1.61. The van der Waals surface area contributed by atoms with Gasteiger partial charge in [-0.25, -0.2) is 4.98 Å². The minimum atomic E-state index is 0.593. The fourth-order valence-electron chi connectivity index (χ4n) is 0.819. The predicted octanol–water partition coefficient (Wildman–Crippen LogP) is 2.01. The molecule has 58 valence electrons. The van der Waals surface area contributed by atoms with Gasteiger partial charge in [0.25, 0.3) is 0 Å². The Labute approximate surface area is 66.8 Å². The molecule has 2 nitrogen and oxygen atoms in total. The number of hydrogen-bond acceptors (Lipinski definition) is 2. The van der Waals surface area contributed by atoms with Crippen LogP contribution in [0.5, 0.6) is 0 Å². The number of nitrogens with zero attached hydrogens (tertiary/aromatic N) is 1. The Morgan fingerprint density at radius 1 is 1.64 bits per heavy atom. The molecule has 11 heavy (non-hydrogen) atoms. The van der Waals surface area contributed by atoms with Crippen molar-refractivity contribution in [2.24, 2.45) is 0 Å². The Balaban J connectivity index is 3.15. The molecule has 0 unspecified atom stereocenters. The summed E-state index contributed by atoms with van der Waals surface area (Å²) >= 11 is 0. The first-order valence-corrected chi connectivity index (χ1v) is 3.49. The molecule has 0 saturated heterocycles. The number of allylic oxidation sites excluding steroid dienone is 1. The van der Waals surface area contributed by atoms with E-state index in [1.807, 2.05) is 19.9 Å². The third-order valence-corrected chi connectivity index (χ3v) is 1.61. The van der Waals surface area contributed by atoms with Gasteiger partial charge in [0.1, 0.15) is 5.82 Å². The van der Waals surface area contributed by atoms with Crippen molar-refractivity contribution in [1.82, 2.24) is 4.98 Å². The summed E-state index contributed by atoms with van der Waals surface area (Å²) in [6.07, 6.45) is 1.74. The molecule has 1 rings (SSSR count). The molecule has 0 radical (unpaired) electrons. The second-order valence-corrected chi connectivity index (χ2v) is 2.71. The van der Waals surface area contributed by atoms with Gasteiger partial charge >= 0.3 is 0 Å². The Bertz CT molecular complexity index is 290. The zero-order valence-electron chi connectivity index (χ0n) is 6.89. The minimum absolute atomic E-state index is 0.593. The molecule has 1 aromatic rings. The highest BCUT2D eigenvalue weighted by Crippen LogP contribution is 2.14. The van der Waals surface area contributed by atoms with Gasteiger partial charge in [0.2, 0.25) is 0 Å². The third kappa shape index (κ3) is 1.58. The van der Waals surface area contributed by atoms with Crippen LogP contribution < -0.4 is 5.73 Å². The molecule has 2 heteroatoms. The number of anilines is 1. The summed E-state index contributed by atoms with van der Waals surface area (Å²) in [5.41, 5.74) is 8.62. The van der Waals surface area contributed by atoms with E-state index < -0.39 is 0 Å². The van der Waals surface area contributed by atoms with Crippen LogP contribution in [-0.4, -0.2) is 4.98 Å². The molecule has 0 fully saturated rings. The van der Waals surface area contributed by atoms with Crippen molar-refractivity contribution in [3.63, 3.8) is 0 Å². The van der Waals surface area contributed by atoms with Crippen molar-refractivity contribution in [3.05, 3.63) is 30.0 Å². The van der Waals surface area contributed by atoms with E-state index in [0.29, 0.717) is 5.82 Å². The summed E-state index contributed by atoms with van der Waals surface area (Å²) in [6, 6.07) is 1.99. The molecule has 1 aromatic heterocycles. The van der Waals surface area contributed by atoms with Crippen molar-refractivity contribution < 1.29 is 0 Å². The van der Waals surface area contributed by atoms with Gasteiger partial charge in [0.15, 0.2) is 0 Å². The Morgan fingerprint density at radius 3 is 2.73 bits per heavy atom. The highest BCUT2D eigenvalue weighted by Gasteiger charge is 1.97. The first-order valence-electron chi connectivity index (χ1n) is 3.49. The van der Waals surface area contributed by atoms with Gasteiger partial charge in [-0.3, -0.25) is 0 Å². The average Bonchev–Trinajstić information content (AvgIpc) is 1.94. The van der Waals surface area contributed by atoms with E-state index in [-0.39, 0.29) is 0 Å². The van der Waals surface area contributed by atoms with Gasteiger partial charge in [-0.15, -0.1) is 0 Å². The Kier molecular flexibility index (Phi) is 1.94. The van der Waals surface area contributed by atoms with Crippen molar-refractivity contribution in [2.75, 3.05) is 5.73 Å². The van der Waals surface area contributed by atoms with Crippen LogP contribution in [0.25, 0.3) is 5.57 Å². The van der Waals surface area contributed by atoms with Crippen LogP contribution in [0.3, 0.4) is 0 Å². The SMILES string of the molecule is C=C(C)c1cnc(N)c(C)c1. The van der Waals surface area contributed by atoms with Crippen LogP contribution in [0.2, 0.25) is 0 Å². The number of pyridine rings is 1. The number of nitrogen functional groups attached to an aromatic ring is 1. The van der Waals surface area contributed by atoms with Crippen LogP contribution in [0.15, 0.2) is 18.8 Å². The summed E-state index contributed by atoms with van der Waals surface area (Å²) < 4.78 is 0. The molecular formula is C9H12N2. The maximum Gasteiger partial charge on any atom is 0.126 e. The highest BCUT2D eigenvalue weighted by atomic mass is 14.8. The molecule has 0 aliphatic heterocycles. The number of hydrogen-bond donors (Lipinski definition) is 1. The standard InChI is InChI=1S/C9H12N2/c1-6(2)8-4-7(3)9(10)11-5-8/h4-5H,1H2,2-3H3,(H2,10,11). The molecular weight excluding hydrogens is 136 g/mol. The molecule has 0 atom stereocenters. The molecule has 0 bridgehead atoms. The van der Waals surface area contributed by atoms with E-state index in [1.54, 1.807) is 6.20 Å². The maximum atomic E-state index is 5.55. The van der Waals surface area contributed by atoms with Crippen molar-refractivity contribution in [2.45, 2.75) is 13.8 Å². The highest BCUT2D eigenvalue weighted by molar-refractivity contribution is 5.62. The minimum Gasteiger partial charge on any atom is -0.383 e. The zero-order valence-corrected chi connectivity index (χ0v) is 6.89. The van der Waals surface area contributed by atoms with Crippen molar-refractivity contribution in [3.8, 4) is 0 Å². The van der Waals surface area contributed by atoms with E-state index in [0.717, 1.165) is 16.7 Å². The monoisotopic (exact) mass is 148 g/mol. The van der Waals surface area contributed by atoms with Gasteiger partial charge in [-0.1, -0.05) is 6.58 Å². The van der Waals surface area contributed by atoms with E-state index in [9.17, 15) is 0 Å². The van der Waals surface area contributed by atoms with Gasteiger partial charge in [0, 0.05) is 6.20 Å². The van der Waals surface area contributed by atoms with Crippen molar-refractivity contribution >= 4 is 11.4 Å². The zero-order chi connectivity index (χ0) is 8.43. The molecule has 2 N–H and O–H groups in total. The maximum absolute atomic E-state index is 5.55. The lowest BCUT2D eigenvalue weighted by molar-refractivity contribution is 1.26. The second kappa shape index (κ2) is 2.74. The largest absolute Gasteiger partial charge is 0.383 e. The van der Waals surface area contributed by atoms with Crippen LogP contribution in [0.1, 0.15) is 18.1 Å². The summed E-state index contributed by atoms with van der Waals surface area (Å²) in [6.45, 7) is 7.71. The lowest BCUT2D eigenvalue weighted by Gasteiger charge is -2.02. The predicted molar refractivity (Wildman–Crippen MR) is 48.1 cm³/mol. The topological polar surface area (TPSA) is 38.9 Å². The lowest BCUT2D eigenvalue weighted by Crippen LogP contribution is -1.94. The second-order valence-electron chi connectivity index (χ2n) is 2.71. The number of rotatable bonds is 1. The summed E-state index contributed by atoms with van der Waals surface area (Å²) in [5.74, 6) is 0.593. The van der Waals surface area contributed by atoms with Crippen LogP contribution in [0, 0.1) is 6.92 Å². The van der Waals surface area contributed by atoms with E-state index in [1.165, 1.54) is 0 Å². The van der Waals surface area contributed by atoms with Gasteiger partial charge in [-0.05, 0) is 36.6 Å².